The Balaban J connectivity index is 1.41. The SMILES string of the molecule is CCOc1ccc(NC(=O)[C@@H]2[C@H]3C(=O)N([C@@H](CO)C(C)C)C(C(=O)NCCN4CCOCC4)C34CC[C@@]2(C)S4)cc1. The summed E-state index contributed by atoms with van der Waals surface area (Å²) in [4.78, 5) is 46.2. The van der Waals surface area contributed by atoms with Gasteiger partial charge in [0.1, 0.15) is 11.8 Å². The largest absolute Gasteiger partial charge is 0.494 e. The minimum absolute atomic E-state index is 0.0586. The smallest absolute Gasteiger partial charge is 0.244 e. The van der Waals surface area contributed by atoms with Crippen molar-refractivity contribution in [1.29, 1.82) is 0 Å². The summed E-state index contributed by atoms with van der Waals surface area (Å²) in [5.41, 5.74) is 0.638. The Morgan fingerprint density at radius 3 is 2.51 bits per heavy atom. The van der Waals surface area contributed by atoms with Crippen LogP contribution < -0.4 is 15.4 Å². The molecule has 0 radical (unpaired) electrons. The Morgan fingerprint density at radius 2 is 1.88 bits per heavy atom. The number of aliphatic hydroxyl groups excluding tert-OH is 1. The Morgan fingerprint density at radius 1 is 1.17 bits per heavy atom. The highest BCUT2D eigenvalue weighted by Crippen LogP contribution is 2.71. The van der Waals surface area contributed by atoms with Crippen LogP contribution in [0.5, 0.6) is 5.75 Å². The third kappa shape index (κ3) is 5.46. The summed E-state index contributed by atoms with van der Waals surface area (Å²) in [6.07, 6.45) is 1.41. The zero-order valence-electron chi connectivity index (χ0n) is 24.6. The maximum absolute atomic E-state index is 14.3. The predicted molar refractivity (Wildman–Crippen MR) is 158 cm³/mol. The molecule has 226 valence electrons. The molecule has 1 aromatic carbocycles. The van der Waals surface area contributed by atoms with Crippen LogP contribution in [0.15, 0.2) is 24.3 Å². The van der Waals surface area contributed by atoms with Crippen molar-refractivity contribution in [2.75, 3.05) is 57.9 Å². The fourth-order valence-electron chi connectivity index (χ4n) is 7.32. The van der Waals surface area contributed by atoms with Crippen LogP contribution in [0, 0.1) is 17.8 Å². The van der Waals surface area contributed by atoms with Crippen LogP contribution in [0.3, 0.4) is 0 Å². The van der Waals surface area contributed by atoms with Crippen molar-refractivity contribution in [2.45, 2.75) is 62.1 Å². The highest BCUT2D eigenvalue weighted by Gasteiger charge is 2.77. The third-order valence-electron chi connectivity index (χ3n) is 9.32. The van der Waals surface area contributed by atoms with Crippen LogP contribution in [0.25, 0.3) is 0 Å². The Bertz CT molecular complexity index is 1130. The molecule has 2 unspecified atom stereocenters. The van der Waals surface area contributed by atoms with E-state index in [1.54, 1.807) is 28.8 Å². The van der Waals surface area contributed by atoms with Crippen molar-refractivity contribution in [2.24, 2.45) is 17.8 Å². The van der Waals surface area contributed by atoms with Crippen molar-refractivity contribution in [3.05, 3.63) is 24.3 Å². The van der Waals surface area contributed by atoms with E-state index in [1.165, 1.54) is 0 Å². The van der Waals surface area contributed by atoms with E-state index in [0.717, 1.165) is 25.3 Å². The van der Waals surface area contributed by atoms with Gasteiger partial charge in [-0.3, -0.25) is 19.3 Å². The van der Waals surface area contributed by atoms with Gasteiger partial charge in [-0.1, -0.05) is 13.8 Å². The van der Waals surface area contributed by atoms with Gasteiger partial charge in [0.25, 0.3) is 0 Å². The second-order valence-electron chi connectivity index (χ2n) is 12.2. The van der Waals surface area contributed by atoms with Crippen molar-refractivity contribution in [3.8, 4) is 5.75 Å². The maximum Gasteiger partial charge on any atom is 0.244 e. The van der Waals surface area contributed by atoms with Gasteiger partial charge in [0, 0.05) is 36.6 Å². The monoisotopic (exact) mass is 588 g/mol. The zero-order chi connectivity index (χ0) is 29.4. The molecule has 2 bridgehead atoms. The Hall–Kier alpha value is -2.34. The van der Waals surface area contributed by atoms with Crippen LogP contribution in [-0.2, 0) is 19.1 Å². The molecular formula is C30H44N4O6S. The summed E-state index contributed by atoms with van der Waals surface area (Å²) >= 11 is 1.64. The number of aliphatic hydroxyl groups is 1. The van der Waals surface area contributed by atoms with Gasteiger partial charge in [-0.25, -0.2) is 0 Å². The number of hydrogen-bond acceptors (Lipinski definition) is 8. The number of carbonyl (C=O) groups excluding carboxylic acids is 3. The number of hydrogen-bond donors (Lipinski definition) is 3. The number of benzene rings is 1. The Labute approximate surface area is 246 Å². The molecule has 5 rings (SSSR count). The highest BCUT2D eigenvalue weighted by molar-refractivity contribution is 8.02. The maximum atomic E-state index is 14.3. The first kappa shape index (κ1) is 30.1. The van der Waals surface area contributed by atoms with E-state index in [2.05, 4.69) is 22.5 Å². The van der Waals surface area contributed by atoms with E-state index < -0.39 is 33.4 Å². The van der Waals surface area contributed by atoms with E-state index in [0.29, 0.717) is 45.0 Å². The molecule has 4 saturated heterocycles. The summed E-state index contributed by atoms with van der Waals surface area (Å²) < 4.78 is 9.75. The van der Waals surface area contributed by atoms with Crippen LogP contribution in [0.4, 0.5) is 5.69 Å². The normalized spacial score (nSPS) is 31.8. The van der Waals surface area contributed by atoms with Crippen molar-refractivity contribution in [1.82, 2.24) is 15.1 Å². The fourth-order valence-corrected chi connectivity index (χ4v) is 9.66. The lowest BCUT2D eigenvalue weighted by Crippen LogP contribution is -2.58. The van der Waals surface area contributed by atoms with Gasteiger partial charge in [-0.15, -0.1) is 11.8 Å². The van der Waals surface area contributed by atoms with E-state index in [9.17, 15) is 19.5 Å². The number of amides is 3. The fraction of sp³-hybridized carbons (Fsp3) is 0.700. The van der Waals surface area contributed by atoms with Crippen molar-refractivity contribution >= 4 is 35.2 Å². The summed E-state index contributed by atoms with van der Waals surface area (Å²) in [5, 5.41) is 16.6. The van der Waals surface area contributed by atoms with Gasteiger partial charge < -0.3 is 30.1 Å². The molecule has 1 aromatic rings. The topological polar surface area (TPSA) is 120 Å². The van der Waals surface area contributed by atoms with E-state index in [-0.39, 0.29) is 30.2 Å². The Kier molecular flexibility index (Phi) is 8.90. The quantitative estimate of drug-likeness (QED) is 0.359. The molecule has 4 heterocycles. The number of thioether (sulfide) groups is 1. The second kappa shape index (κ2) is 12.1. The van der Waals surface area contributed by atoms with Crippen molar-refractivity contribution in [3.63, 3.8) is 0 Å². The summed E-state index contributed by atoms with van der Waals surface area (Å²) in [6, 6.07) is 5.96. The van der Waals surface area contributed by atoms with Gasteiger partial charge in [0.05, 0.1) is 49.1 Å². The molecule has 0 saturated carbocycles. The molecule has 10 nitrogen and oxygen atoms in total. The average Bonchev–Trinajstić information content (AvgIpc) is 3.51. The van der Waals surface area contributed by atoms with E-state index in [4.69, 9.17) is 9.47 Å². The number of rotatable bonds is 11. The number of fused-ring (bicyclic) bond motifs is 1. The lowest BCUT2D eigenvalue weighted by molar-refractivity contribution is -0.143. The van der Waals surface area contributed by atoms with Crippen LogP contribution in [0.1, 0.15) is 40.5 Å². The first-order valence-corrected chi connectivity index (χ1v) is 15.7. The molecule has 41 heavy (non-hydrogen) atoms. The molecule has 3 N–H and O–H groups in total. The molecule has 11 heteroatoms. The molecule has 3 amide bonds. The molecule has 0 aromatic heterocycles. The minimum Gasteiger partial charge on any atom is -0.494 e. The molecular weight excluding hydrogens is 544 g/mol. The molecule has 4 aliphatic heterocycles. The number of nitrogens with zero attached hydrogens (tertiary/aromatic N) is 2. The summed E-state index contributed by atoms with van der Waals surface area (Å²) in [7, 11) is 0. The molecule has 6 atom stereocenters. The molecule has 4 fully saturated rings. The minimum atomic E-state index is -0.751. The number of nitrogens with one attached hydrogen (secondary N) is 2. The number of carbonyl (C=O) groups is 3. The molecule has 4 aliphatic rings. The van der Waals surface area contributed by atoms with E-state index in [1.807, 2.05) is 32.9 Å². The molecule has 0 aliphatic carbocycles. The van der Waals surface area contributed by atoms with Gasteiger partial charge in [-0.05, 0) is 56.9 Å². The van der Waals surface area contributed by atoms with E-state index >= 15 is 0 Å². The van der Waals surface area contributed by atoms with Crippen molar-refractivity contribution < 1.29 is 29.0 Å². The highest BCUT2D eigenvalue weighted by atomic mass is 32.2. The third-order valence-corrected chi connectivity index (χ3v) is 11.3. The first-order valence-electron chi connectivity index (χ1n) is 14.9. The lowest BCUT2D eigenvalue weighted by atomic mass is 9.66. The van der Waals surface area contributed by atoms with Gasteiger partial charge in [0.15, 0.2) is 0 Å². The molecule has 1 spiro atoms. The summed E-state index contributed by atoms with van der Waals surface area (Å²) in [5.74, 6) is -1.18. The number of morpholine rings is 1. The lowest BCUT2D eigenvalue weighted by Gasteiger charge is -2.38. The predicted octanol–water partition coefficient (Wildman–Crippen LogP) is 1.97. The van der Waals surface area contributed by atoms with Gasteiger partial charge in [0.2, 0.25) is 17.7 Å². The second-order valence-corrected chi connectivity index (χ2v) is 14.1. The number of likely N-dealkylation sites (tertiary alicyclic amines) is 1. The average molecular weight is 589 g/mol. The summed E-state index contributed by atoms with van der Waals surface area (Å²) in [6.45, 7) is 12.4. The van der Waals surface area contributed by atoms with Gasteiger partial charge in [-0.2, -0.15) is 0 Å². The van der Waals surface area contributed by atoms with Crippen LogP contribution in [0.2, 0.25) is 0 Å². The first-order chi connectivity index (χ1) is 19.6. The number of ether oxygens (including phenoxy) is 2. The van der Waals surface area contributed by atoms with Crippen LogP contribution >= 0.6 is 11.8 Å². The number of anilines is 1. The van der Waals surface area contributed by atoms with Gasteiger partial charge >= 0.3 is 0 Å². The zero-order valence-corrected chi connectivity index (χ0v) is 25.4. The van der Waals surface area contributed by atoms with Crippen LogP contribution in [-0.4, -0.2) is 107 Å². The standard InChI is InChI=1S/C30H44N4O6S/c1-5-40-21-8-6-20(7-9-21)32-26(36)23-24-28(38)34(22(18-35)19(2)3)25(30(24)11-10-29(23,4)41-30)27(37)31-12-13-33-14-16-39-17-15-33/h6-9,19,22-25,35H,5,10-18H2,1-4H3,(H,31,37)(H,32,36)/t22-,23-,24-,25?,29+,30?/m0/s1.